The topological polar surface area (TPSA) is 92.6 Å². The number of nitrogens with one attached hydrogen (secondary N) is 1. The van der Waals surface area contributed by atoms with Crippen LogP contribution < -0.4 is 10.2 Å². The summed E-state index contributed by atoms with van der Waals surface area (Å²) in [4.78, 5) is 35.9. The molecular formula is C18H16ClN3O4. The van der Waals surface area contributed by atoms with Crippen LogP contribution in [0.4, 0.5) is 17.1 Å². The van der Waals surface area contributed by atoms with Crippen LogP contribution in [0.2, 0.25) is 5.02 Å². The third kappa shape index (κ3) is 4.00. The highest BCUT2D eigenvalue weighted by atomic mass is 35.5. The Kier molecular flexibility index (Phi) is 5.18. The molecule has 8 heteroatoms. The van der Waals surface area contributed by atoms with Crippen molar-refractivity contribution in [1.82, 2.24) is 0 Å². The summed E-state index contributed by atoms with van der Waals surface area (Å²) in [5.41, 5.74) is 1.65. The molecule has 3 rings (SSSR count). The summed E-state index contributed by atoms with van der Waals surface area (Å²) in [5.74, 6) is -0.188. The molecule has 0 aromatic heterocycles. The van der Waals surface area contributed by atoms with Crippen LogP contribution >= 0.6 is 11.6 Å². The van der Waals surface area contributed by atoms with Gasteiger partial charge in [-0.3, -0.25) is 19.7 Å². The molecule has 0 unspecified atom stereocenters. The number of anilines is 2. The van der Waals surface area contributed by atoms with E-state index >= 15 is 0 Å². The number of hydrogen-bond donors (Lipinski definition) is 1. The Hall–Kier alpha value is -2.93. The maximum Gasteiger partial charge on any atom is 0.289 e. The second kappa shape index (κ2) is 7.53. The van der Waals surface area contributed by atoms with Gasteiger partial charge in [0.05, 0.1) is 11.3 Å². The van der Waals surface area contributed by atoms with Gasteiger partial charge in [-0.15, -0.1) is 0 Å². The first-order valence-corrected chi connectivity index (χ1v) is 8.45. The quantitative estimate of drug-likeness (QED) is 0.640. The molecule has 0 atom stereocenters. The molecule has 0 bridgehead atoms. The normalized spacial score (nSPS) is 13.7. The van der Waals surface area contributed by atoms with Crippen molar-refractivity contribution in [3.8, 4) is 0 Å². The standard InChI is InChI=1S/C18H16ClN3O4/c19-15-8-5-13(11-16(15)22(25)26)20-17(23)10-12-3-6-14(7-4-12)21-9-1-2-18(21)24/h3-8,11H,1-2,9-10H2,(H,20,23). The SMILES string of the molecule is O=C(Cc1ccc(N2CCCC2=O)cc1)Nc1ccc(Cl)c([N+](=O)[O-])c1. The van der Waals surface area contributed by atoms with Crippen LogP contribution in [0.5, 0.6) is 0 Å². The van der Waals surface area contributed by atoms with E-state index in [-0.39, 0.29) is 28.9 Å². The van der Waals surface area contributed by atoms with E-state index < -0.39 is 4.92 Å². The summed E-state index contributed by atoms with van der Waals surface area (Å²) in [6.45, 7) is 0.716. The van der Waals surface area contributed by atoms with Gasteiger partial charge < -0.3 is 10.2 Å². The Balaban J connectivity index is 1.64. The zero-order valence-electron chi connectivity index (χ0n) is 13.8. The van der Waals surface area contributed by atoms with E-state index in [1.165, 1.54) is 18.2 Å². The zero-order chi connectivity index (χ0) is 18.7. The molecule has 2 aromatic rings. The largest absolute Gasteiger partial charge is 0.326 e. The van der Waals surface area contributed by atoms with E-state index in [9.17, 15) is 19.7 Å². The van der Waals surface area contributed by atoms with Crippen LogP contribution in [0.15, 0.2) is 42.5 Å². The third-order valence-electron chi connectivity index (χ3n) is 4.11. The van der Waals surface area contributed by atoms with Crippen molar-refractivity contribution < 1.29 is 14.5 Å². The van der Waals surface area contributed by atoms with Crippen molar-refractivity contribution in [3.05, 3.63) is 63.2 Å². The zero-order valence-corrected chi connectivity index (χ0v) is 14.5. The predicted molar refractivity (Wildman–Crippen MR) is 98.5 cm³/mol. The Bertz CT molecular complexity index is 867. The number of carbonyl (C=O) groups is 2. The van der Waals surface area contributed by atoms with Gasteiger partial charge in [-0.25, -0.2) is 0 Å². The fourth-order valence-electron chi connectivity index (χ4n) is 2.84. The number of benzene rings is 2. The van der Waals surface area contributed by atoms with Crippen LogP contribution in [0.25, 0.3) is 0 Å². The highest BCUT2D eigenvalue weighted by Crippen LogP contribution is 2.27. The number of halogens is 1. The maximum absolute atomic E-state index is 12.2. The number of nitro benzene ring substituents is 1. The second-order valence-corrected chi connectivity index (χ2v) is 6.37. The maximum atomic E-state index is 12.2. The molecule has 1 aliphatic rings. The van der Waals surface area contributed by atoms with Gasteiger partial charge in [-0.2, -0.15) is 0 Å². The van der Waals surface area contributed by atoms with Crippen LogP contribution in [-0.2, 0) is 16.0 Å². The molecular weight excluding hydrogens is 358 g/mol. The lowest BCUT2D eigenvalue weighted by atomic mass is 10.1. The molecule has 1 fully saturated rings. The summed E-state index contributed by atoms with van der Waals surface area (Å²) in [6.07, 6.45) is 1.54. The second-order valence-electron chi connectivity index (χ2n) is 5.96. The lowest BCUT2D eigenvalue weighted by Crippen LogP contribution is -2.23. The van der Waals surface area contributed by atoms with Crippen molar-refractivity contribution >= 4 is 40.5 Å². The fraction of sp³-hybridized carbons (Fsp3) is 0.222. The molecule has 0 aliphatic carbocycles. The average molecular weight is 374 g/mol. The third-order valence-corrected chi connectivity index (χ3v) is 4.43. The molecule has 134 valence electrons. The van der Waals surface area contributed by atoms with Crippen LogP contribution in [-0.4, -0.2) is 23.3 Å². The Morgan fingerprint density at radius 1 is 1.23 bits per heavy atom. The van der Waals surface area contributed by atoms with E-state index in [4.69, 9.17) is 11.6 Å². The van der Waals surface area contributed by atoms with Gasteiger partial charge in [-0.1, -0.05) is 23.7 Å². The molecule has 1 saturated heterocycles. The number of nitro groups is 1. The van der Waals surface area contributed by atoms with Crippen molar-refractivity contribution in [2.24, 2.45) is 0 Å². The van der Waals surface area contributed by atoms with Gasteiger partial charge in [0.1, 0.15) is 5.02 Å². The summed E-state index contributed by atoms with van der Waals surface area (Å²) in [7, 11) is 0. The highest BCUT2D eigenvalue weighted by molar-refractivity contribution is 6.32. The first-order valence-electron chi connectivity index (χ1n) is 8.07. The van der Waals surface area contributed by atoms with Gasteiger partial charge in [0, 0.05) is 30.4 Å². The first kappa shape index (κ1) is 17.9. The molecule has 1 heterocycles. The Morgan fingerprint density at radius 3 is 2.58 bits per heavy atom. The Labute approximate surface area is 154 Å². The van der Waals surface area contributed by atoms with Crippen molar-refractivity contribution in [2.75, 3.05) is 16.8 Å². The monoisotopic (exact) mass is 373 g/mol. The average Bonchev–Trinajstić information content (AvgIpc) is 3.03. The lowest BCUT2D eigenvalue weighted by molar-refractivity contribution is -0.384. The fourth-order valence-corrected chi connectivity index (χ4v) is 3.02. The van der Waals surface area contributed by atoms with Gasteiger partial charge in [0.15, 0.2) is 0 Å². The smallest absolute Gasteiger partial charge is 0.289 e. The Morgan fingerprint density at radius 2 is 1.96 bits per heavy atom. The van der Waals surface area contributed by atoms with E-state index in [1.54, 1.807) is 17.0 Å². The number of carbonyl (C=O) groups excluding carboxylic acids is 2. The van der Waals surface area contributed by atoms with Gasteiger partial charge in [0.2, 0.25) is 11.8 Å². The van der Waals surface area contributed by atoms with Crippen LogP contribution in [0.1, 0.15) is 18.4 Å². The van der Waals surface area contributed by atoms with Crippen molar-refractivity contribution in [3.63, 3.8) is 0 Å². The lowest BCUT2D eigenvalue weighted by Gasteiger charge is -2.15. The van der Waals surface area contributed by atoms with Gasteiger partial charge in [0.25, 0.3) is 5.69 Å². The molecule has 2 amide bonds. The molecule has 1 N–H and O–H groups in total. The molecule has 0 radical (unpaired) electrons. The van der Waals surface area contributed by atoms with E-state index in [1.807, 2.05) is 12.1 Å². The summed E-state index contributed by atoms with van der Waals surface area (Å²) >= 11 is 5.75. The molecule has 1 aliphatic heterocycles. The summed E-state index contributed by atoms with van der Waals surface area (Å²) in [5, 5.41) is 13.5. The minimum absolute atomic E-state index is 0.0139. The number of nitrogens with zero attached hydrogens (tertiary/aromatic N) is 2. The van der Waals surface area contributed by atoms with E-state index in [0.717, 1.165) is 17.7 Å². The highest BCUT2D eigenvalue weighted by Gasteiger charge is 2.21. The van der Waals surface area contributed by atoms with E-state index in [2.05, 4.69) is 5.32 Å². The van der Waals surface area contributed by atoms with Gasteiger partial charge in [-0.05, 0) is 36.2 Å². The molecule has 0 spiro atoms. The predicted octanol–water partition coefficient (Wildman–Crippen LogP) is 3.56. The molecule has 26 heavy (non-hydrogen) atoms. The van der Waals surface area contributed by atoms with Crippen LogP contribution in [0.3, 0.4) is 0 Å². The molecule has 7 nitrogen and oxygen atoms in total. The number of amides is 2. The number of rotatable bonds is 5. The van der Waals surface area contributed by atoms with Crippen molar-refractivity contribution in [1.29, 1.82) is 0 Å². The summed E-state index contributed by atoms with van der Waals surface area (Å²) in [6, 6.07) is 11.3. The molecule has 2 aromatic carbocycles. The van der Waals surface area contributed by atoms with Crippen LogP contribution in [0, 0.1) is 10.1 Å². The summed E-state index contributed by atoms with van der Waals surface area (Å²) < 4.78 is 0. The first-order chi connectivity index (χ1) is 12.4. The van der Waals surface area contributed by atoms with Crippen molar-refractivity contribution in [2.45, 2.75) is 19.3 Å². The molecule has 0 saturated carbocycles. The minimum atomic E-state index is -0.601. The minimum Gasteiger partial charge on any atom is -0.326 e. The van der Waals surface area contributed by atoms with E-state index in [0.29, 0.717) is 18.7 Å². The number of hydrogen-bond acceptors (Lipinski definition) is 4. The van der Waals surface area contributed by atoms with Gasteiger partial charge >= 0.3 is 0 Å².